The predicted molar refractivity (Wildman–Crippen MR) is 123 cm³/mol. The van der Waals surface area contributed by atoms with Gasteiger partial charge < -0.3 is 4.74 Å². The lowest BCUT2D eigenvalue weighted by atomic mass is 10.1. The van der Waals surface area contributed by atoms with Crippen LogP contribution in [-0.2, 0) is 9.53 Å². The summed E-state index contributed by atoms with van der Waals surface area (Å²) in [6.07, 6.45) is 4.90. The number of benzene rings is 2. The summed E-state index contributed by atoms with van der Waals surface area (Å²) in [5.41, 5.74) is 3.72. The van der Waals surface area contributed by atoms with Crippen LogP contribution in [0.1, 0.15) is 29.5 Å². The van der Waals surface area contributed by atoms with Crippen molar-refractivity contribution in [2.24, 2.45) is 0 Å². The lowest BCUT2D eigenvalue weighted by Crippen LogP contribution is -2.36. The number of aromatic nitrogens is 1. The highest BCUT2D eigenvalue weighted by molar-refractivity contribution is 7.22. The highest BCUT2D eigenvalue weighted by Crippen LogP contribution is 2.32. The second-order valence-electron chi connectivity index (χ2n) is 7.69. The van der Waals surface area contributed by atoms with E-state index < -0.39 is 4.92 Å². The smallest absolute Gasteiger partial charge is 0.270 e. The Balaban J connectivity index is 1.64. The quantitative estimate of drug-likeness (QED) is 0.306. The third-order valence-corrected chi connectivity index (χ3v) is 6.25. The summed E-state index contributed by atoms with van der Waals surface area (Å²) in [4.78, 5) is 30.1. The highest BCUT2D eigenvalue weighted by Gasteiger charge is 2.25. The minimum Gasteiger partial charge on any atom is -0.376 e. The molecule has 0 bridgehead atoms. The minimum absolute atomic E-state index is 0.0113. The molecule has 1 aliphatic rings. The van der Waals surface area contributed by atoms with E-state index in [4.69, 9.17) is 9.72 Å². The van der Waals surface area contributed by atoms with E-state index in [1.807, 2.05) is 13.8 Å². The Bertz CT molecular complexity index is 1160. The number of hydrogen-bond acceptors (Lipinski definition) is 6. The number of non-ortho nitro benzene ring substituents is 1. The maximum absolute atomic E-state index is 13.2. The van der Waals surface area contributed by atoms with Crippen LogP contribution in [-0.4, -0.2) is 35.1 Å². The van der Waals surface area contributed by atoms with Gasteiger partial charge in [-0.1, -0.05) is 29.5 Å². The Kier molecular flexibility index (Phi) is 6.11. The summed E-state index contributed by atoms with van der Waals surface area (Å²) in [5, 5.41) is 11.6. The van der Waals surface area contributed by atoms with Gasteiger partial charge in [-0.05, 0) is 55.5 Å². The van der Waals surface area contributed by atoms with Gasteiger partial charge in [0.25, 0.3) is 11.6 Å². The van der Waals surface area contributed by atoms with Gasteiger partial charge in [0.15, 0.2) is 5.13 Å². The molecule has 160 valence electrons. The van der Waals surface area contributed by atoms with Crippen molar-refractivity contribution in [2.75, 3.05) is 18.1 Å². The molecule has 1 amide bonds. The summed E-state index contributed by atoms with van der Waals surface area (Å²) in [6, 6.07) is 10.4. The van der Waals surface area contributed by atoms with Crippen LogP contribution in [0, 0.1) is 24.0 Å². The van der Waals surface area contributed by atoms with Gasteiger partial charge in [-0.3, -0.25) is 19.8 Å². The van der Waals surface area contributed by atoms with Crippen molar-refractivity contribution in [3.63, 3.8) is 0 Å². The number of nitro benzene ring substituents is 1. The zero-order valence-electron chi connectivity index (χ0n) is 17.4. The third-order valence-electron chi connectivity index (χ3n) is 5.23. The van der Waals surface area contributed by atoms with E-state index in [2.05, 4.69) is 12.1 Å². The van der Waals surface area contributed by atoms with Gasteiger partial charge in [0.1, 0.15) is 0 Å². The van der Waals surface area contributed by atoms with Crippen molar-refractivity contribution < 1.29 is 14.5 Å². The molecule has 1 saturated heterocycles. The lowest BCUT2D eigenvalue weighted by Gasteiger charge is -2.21. The molecule has 31 heavy (non-hydrogen) atoms. The average Bonchev–Trinajstić information content (AvgIpc) is 3.40. The summed E-state index contributed by atoms with van der Waals surface area (Å²) < 4.78 is 6.80. The number of nitro groups is 1. The maximum atomic E-state index is 13.2. The molecule has 4 rings (SSSR count). The van der Waals surface area contributed by atoms with Gasteiger partial charge in [-0.25, -0.2) is 4.98 Å². The van der Waals surface area contributed by atoms with Crippen LogP contribution in [0.2, 0.25) is 0 Å². The Labute approximate surface area is 184 Å². The van der Waals surface area contributed by atoms with Gasteiger partial charge in [-0.2, -0.15) is 0 Å². The number of anilines is 1. The number of fused-ring (bicyclic) bond motifs is 1. The van der Waals surface area contributed by atoms with Crippen LogP contribution in [0.5, 0.6) is 0 Å². The topological polar surface area (TPSA) is 85.6 Å². The van der Waals surface area contributed by atoms with Crippen LogP contribution in [0.3, 0.4) is 0 Å². The molecule has 0 N–H and O–H groups in total. The number of amides is 1. The van der Waals surface area contributed by atoms with Gasteiger partial charge in [-0.15, -0.1) is 0 Å². The molecule has 0 radical (unpaired) electrons. The standard InChI is InChI=1S/C23H23N3O4S/c1-15-11-16(2)22-20(12-15)31-23(24-22)25(14-19-7-4-10-30-19)21(27)9-8-17-5-3-6-18(13-17)26(28)29/h3,5-6,8-9,11-13,19H,4,7,10,14H2,1-2H3/b9-8+. The SMILES string of the molecule is Cc1cc(C)c2nc(N(CC3CCCO3)C(=O)/C=C/c3cccc([N+](=O)[O-])c3)sc2c1. The fraction of sp³-hybridized carbons (Fsp3) is 0.304. The van der Waals surface area contributed by atoms with Crippen molar-refractivity contribution in [3.8, 4) is 0 Å². The summed E-state index contributed by atoms with van der Waals surface area (Å²) in [5.74, 6) is -0.226. The van der Waals surface area contributed by atoms with Crippen LogP contribution >= 0.6 is 11.3 Å². The van der Waals surface area contributed by atoms with Crippen LogP contribution in [0.4, 0.5) is 10.8 Å². The Morgan fingerprint density at radius 2 is 2.19 bits per heavy atom. The average molecular weight is 438 g/mol. The molecule has 2 aromatic carbocycles. The van der Waals surface area contributed by atoms with Gasteiger partial charge in [0.2, 0.25) is 0 Å². The lowest BCUT2D eigenvalue weighted by molar-refractivity contribution is -0.384. The largest absolute Gasteiger partial charge is 0.376 e. The first kappa shape index (κ1) is 21.1. The number of rotatable bonds is 6. The molecule has 1 aliphatic heterocycles. The van der Waals surface area contributed by atoms with Crippen molar-refractivity contribution >= 4 is 44.4 Å². The molecular formula is C23H23N3O4S. The molecular weight excluding hydrogens is 414 g/mol. The van der Waals surface area contributed by atoms with E-state index in [9.17, 15) is 14.9 Å². The van der Waals surface area contributed by atoms with Crippen molar-refractivity contribution in [1.82, 2.24) is 4.98 Å². The van der Waals surface area contributed by atoms with E-state index in [1.54, 1.807) is 23.1 Å². The highest BCUT2D eigenvalue weighted by atomic mass is 32.1. The predicted octanol–water partition coefficient (Wildman–Crippen LogP) is 5.05. The first-order valence-electron chi connectivity index (χ1n) is 10.1. The first-order chi connectivity index (χ1) is 14.9. The third kappa shape index (κ3) is 4.81. The van der Waals surface area contributed by atoms with Crippen molar-refractivity contribution in [2.45, 2.75) is 32.8 Å². The molecule has 2 heterocycles. The molecule has 8 heteroatoms. The molecule has 1 aromatic heterocycles. The summed E-state index contributed by atoms with van der Waals surface area (Å²) >= 11 is 1.49. The second-order valence-corrected chi connectivity index (χ2v) is 8.70. The van der Waals surface area contributed by atoms with Gasteiger partial charge in [0.05, 0.1) is 27.8 Å². The molecule has 3 aromatic rings. The number of nitrogens with zero attached hydrogens (tertiary/aromatic N) is 3. The fourth-order valence-electron chi connectivity index (χ4n) is 3.73. The zero-order chi connectivity index (χ0) is 22.0. The van der Waals surface area contributed by atoms with Crippen LogP contribution < -0.4 is 4.90 Å². The molecule has 7 nitrogen and oxygen atoms in total. The number of hydrogen-bond donors (Lipinski definition) is 0. The Morgan fingerprint density at radius 1 is 1.35 bits per heavy atom. The number of aryl methyl sites for hydroxylation is 2. The van der Waals surface area contributed by atoms with Crippen LogP contribution in [0.25, 0.3) is 16.3 Å². The Hall–Kier alpha value is -3.10. The molecule has 0 spiro atoms. The minimum atomic E-state index is -0.450. The van der Waals surface area contributed by atoms with E-state index in [0.717, 1.165) is 34.2 Å². The van der Waals surface area contributed by atoms with Crippen molar-refractivity contribution in [1.29, 1.82) is 0 Å². The summed E-state index contributed by atoms with van der Waals surface area (Å²) in [7, 11) is 0. The summed E-state index contributed by atoms with van der Waals surface area (Å²) in [6.45, 7) is 5.19. The molecule has 1 atom stereocenters. The normalized spacial score (nSPS) is 16.3. The second kappa shape index (κ2) is 8.95. The van der Waals surface area contributed by atoms with Gasteiger partial charge in [0, 0.05) is 24.8 Å². The maximum Gasteiger partial charge on any atom is 0.270 e. The van der Waals surface area contributed by atoms with Crippen molar-refractivity contribution in [3.05, 3.63) is 69.3 Å². The van der Waals surface area contributed by atoms with Crippen LogP contribution in [0.15, 0.2) is 42.5 Å². The van der Waals surface area contributed by atoms with E-state index >= 15 is 0 Å². The molecule has 1 fully saturated rings. The number of ether oxygens (including phenoxy) is 1. The molecule has 1 unspecified atom stereocenters. The Morgan fingerprint density at radius 3 is 2.94 bits per heavy atom. The monoisotopic (exact) mass is 437 g/mol. The van der Waals surface area contributed by atoms with Gasteiger partial charge >= 0.3 is 0 Å². The number of thiazole rings is 1. The zero-order valence-corrected chi connectivity index (χ0v) is 18.2. The molecule has 0 aliphatic carbocycles. The van der Waals surface area contributed by atoms with E-state index in [-0.39, 0.29) is 17.7 Å². The molecule has 0 saturated carbocycles. The number of carbonyl (C=O) groups excluding carboxylic acids is 1. The fourth-order valence-corrected chi connectivity index (χ4v) is 4.88. The van der Waals surface area contributed by atoms with E-state index in [0.29, 0.717) is 23.8 Å². The first-order valence-corrected chi connectivity index (χ1v) is 11.0. The van der Waals surface area contributed by atoms with E-state index in [1.165, 1.54) is 29.5 Å². The number of carbonyl (C=O) groups is 1.